The molecule has 0 radical (unpaired) electrons. The summed E-state index contributed by atoms with van der Waals surface area (Å²) >= 11 is 3.25. The minimum Gasteiger partial charge on any atom is -0.206 e. The third-order valence-electron chi connectivity index (χ3n) is 1.80. The fourth-order valence-electron chi connectivity index (χ4n) is 0.999. The third kappa shape index (κ3) is 1.62. The molecule has 0 saturated carbocycles. The highest BCUT2D eigenvalue weighted by Gasteiger charge is 2.05. The van der Waals surface area contributed by atoms with E-state index in [4.69, 9.17) is 0 Å². The fraction of sp³-hybridized carbons (Fsp3) is 0.333. The summed E-state index contributed by atoms with van der Waals surface area (Å²) in [5.41, 5.74) is 2.49. The minimum absolute atomic E-state index is 0.0816. The first-order valence-electron chi connectivity index (χ1n) is 3.47. The van der Waals surface area contributed by atoms with Crippen LogP contribution < -0.4 is 0 Å². The van der Waals surface area contributed by atoms with Gasteiger partial charge in [0.05, 0.1) is 0 Å². The first-order valence-corrected chi connectivity index (χ1v) is 4.59. The molecule has 2 heteroatoms. The summed E-state index contributed by atoms with van der Waals surface area (Å²) in [5, 5.41) is 0.590. The van der Waals surface area contributed by atoms with Crippen LogP contribution in [0, 0.1) is 19.7 Å². The summed E-state index contributed by atoms with van der Waals surface area (Å²) in [6.07, 6.45) is 0. The Labute approximate surface area is 74.6 Å². The summed E-state index contributed by atoms with van der Waals surface area (Å²) in [5.74, 6) is -0.0816. The van der Waals surface area contributed by atoms with Crippen LogP contribution in [0.15, 0.2) is 12.1 Å². The third-order valence-corrected chi connectivity index (χ3v) is 2.36. The van der Waals surface area contributed by atoms with E-state index in [9.17, 15) is 4.39 Å². The Kier molecular flexibility index (Phi) is 2.66. The van der Waals surface area contributed by atoms with Crippen molar-refractivity contribution in [1.82, 2.24) is 0 Å². The molecule has 0 aromatic heterocycles. The average molecular weight is 217 g/mol. The van der Waals surface area contributed by atoms with Crippen molar-refractivity contribution in [2.24, 2.45) is 0 Å². The predicted molar refractivity (Wildman–Crippen MR) is 48.5 cm³/mol. The van der Waals surface area contributed by atoms with Gasteiger partial charge in [-0.2, -0.15) is 0 Å². The van der Waals surface area contributed by atoms with Crippen molar-refractivity contribution in [1.29, 1.82) is 0 Å². The number of halogens is 2. The van der Waals surface area contributed by atoms with E-state index in [1.165, 1.54) is 0 Å². The first-order chi connectivity index (χ1) is 5.16. The molecular formula is C9H10BrF. The normalized spacial score (nSPS) is 10.2. The van der Waals surface area contributed by atoms with Crippen molar-refractivity contribution in [2.75, 3.05) is 0 Å². The maximum atomic E-state index is 13.2. The molecule has 0 heterocycles. The van der Waals surface area contributed by atoms with Gasteiger partial charge < -0.3 is 0 Å². The molecule has 0 unspecified atom stereocenters. The van der Waals surface area contributed by atoms with Crippen LogP contribution in [0.3, 0.4) is 0 Å². The molecule has 0 saturated heterocycles. The van der Waals surface area contributed by atoms with Crippen LogP contribution in [-0.2, 0) is 5.33 Å². The Morgan fingerprint density at radius 2 is 1.82 bits per heavy atom. The van der Waals surface area contributed by atoms with E-state index in [1.54, 1.807) is 13.0 Å². The highest BCUT2D eigenvalue weighted by Crippen LogP contribution is 2.18. The topological polar surface area (TPSA) is 0 Å². The van der Waals surface area contributed by atoms with E-state index in [-0.39, 0.29) is 5.82 Å². The Hall–Kier alpha value is -0.370. The van der Waals surface area contributed by atoms with Gasteiger partial charge in [0.2, 0.25) is 0 Å². The second-order valence-electron chi connectivity index (χ2n) is 2.63. The molecule has 0 aliphatic rings. The number of rotatable bonds is 1. The zero-order valence-electron chi connectivity index (χ0n) is 6.62. The lowest BCUT2D eigenvalue weighted by atomic mass is 10.1. The van der Waals surface area contributed by atoms with Crippen LogP contribution in [-0.4, -0.2) is 0 Å². The number of hydrogen-bond donors (Lipinski definition) is 0. The fourth-order valence-corrected chi connectivity index (χ4v) is 1.69. The average Bonchev–Trinajstić information content (AvgIpc) is 1.99. The van der Waals surface area contributed by atoms with Crippen molar-refractivity contribution in [3.63, 3.8) is 0 Å². The van der Waals surface area contributed by atoms with Gasteiger partial charge in [-0.05, 0) is 25.0 Å². The van der Waals surface area contributed by atoms with Gasteiger partial charge in [-0.25, -0.2) is 4.39 Å². The lowest BCUT2D eigenvalue weighted by Gasteiger charge is -2.05. The quantitative estimate of drug-likeness (QED) is 0.633. The monoisotopic (exact) mass is 216 g/mol. The van der Waals surface area contributed by atoms with Gasteiger partial charge in [0.25, 0.3) is 0 Å². The van der Waals surface area contributed by atoms with Crippen LogP contribution in [0.1, 0.15) is 16.7 Å². The summed E-state index contributed by atoms with van der Waals surface area (Å²) in [6, 6.07) is 3.74. The summed E-state index contributed by atoms with van der Waals surface area (Å²) in [7, 11) is 0. The zero-order chi connectivity index (χ0) is 8.43. The molecule has 1 rings (SSSR count). The van der Waals surface area contributed by atoms with Crippen molar-refractivity contribution >= 4 is 15.9 Å². The molecule has 0 aliphatic carbocycles. The zero-order valence-corrected chi connectivity index (χ0v) is 8.20. The molecule has 0 aliphatic heterocycles. The Morgan fingerprint density at radius 3 is 2.27 bits per heavy atom. The number of aryl methyl sites for hydroxylation is 2. The second-order valence-corrected chi connectivity index (χ2v) is 3.19. The largest absolute Gasteiger partial charge is 0.206 e. The molecule has 0 bridgehead atoms. The van der Waals surface area contributed by atoms with Crippen LogP contribution in [0.5, 0.6) is 0 Å². The second kappa shape index (κ2) is 3.35. The van der Waals surface area contributed by atoms with Gasteiger partial charge in [0.1, 0.15) is 5.82 Å². The van der Waals surface area contributed by atoms with Crippen molar-refractivity contribution < 1.29 is 4.39 Å². The van der Waals surface area contributed by atoms with Crippen LogP contribution in [0.2, 0.25) is 0 Å². The molecule has 0 spiro atoms. The van der Waals surface area contributed by atoms with Gasteiger partial charge in [-0.15, -0.1) is 0 Å². The van der Waals surface area contributed by atoms with Gasteiger partial charge in [-0.3, -0.25) is 0 Å². The molecule has 0 atom stereocenters. The highest BCUT2D eigenvalue weighted by molar-refractivity contribution is 9.08. The molecule has 0 amide bonds. The Balaban J connectivity index is 3.29. The molecule has 1 aromatic rings. The maximum absolute atomic E-state index is 13.2. The first kappa shape index (κ1) is 8.72. The molecular weight excluding hydrogens is 207 g/mol. The summed E-state index contributed by atoms with van der Waals surface area (Å²) in [4.78, 5) is 0. The minimum atomic E-state index is -0.0816. The lowest BCUT2D eigenvalue weighted by Crippen LogP contribution is -1.93. The van der Waals surface area contributed by atoms with E-state index in [1.807, 2.05) is 13.0 Å². The predicted octanol–water partition coefficient (Wildman–Crippen LogP) is 3.34. The van der Waals surface area contributed by atoms with Gasteiger partial charge in [-0.1, -0.05) is 28.1 Å². The molecule has 11 heavy (non-hydrogen) atoms. The van der Waals surface area contributed by atoms with Gasteiger partial charge >= 0.3 is 0 Å². The maximum Gasteiger partial charge on any atom is 0.130 e. The number of alkyl halides is 1. The van der Waals surface area contributed by atoms with E-state index in [2.05, 4.69) is 15.9 Å². The standard InChI is InChI=1S/C9H10BrF/c1-6-3-4-7(2)9(11)8(6)5-10/h3-4H,5H2,1-2H3. The lowest BCUT2D eigenvalue weighted by molar-refractivity contribution is 0.607. The molecule has 60 valence electrons. The molecule has 0 N–H and O–H groups in total. The molecule has 0 fully saturated rings. The number of benzene rings is 1. The molecule has 0 nitrogen and oxygen atoms in total. The van der Waals surface area contributed by atoms with Crippen molar-refractivity contribution in [2.45, 2.75) is 19.2 Å². The van der Waals surface area contributed by atoms with E-state index < -0.39 is 0 Å². The van der Waals surface area contributed by atoms with Crippen molar-refractivity contribution in [3.05, 3.63) is 34.6 Å². The smallest absolute Gasteiger partial charge is 0.130 e. The van der Waals surface area contributed by atoms with E-state index >= 15 is 0 Å². The van der Waals surface area contributed by atoms with Gasteiger partial charge in [0.15, 0.2) is 0 Å². The van der Waals surface area contributed by atoms with Crippen molar-refractivity contribution in [3.8, 4) is 0 Å². The van der Waals surface area contributed by atoms with Crippen LogP contribution in [0.4, 0.5) is 4.39 Å². The van der Waals surface area contributed by atoms with E-state index in [0.29, 0.717) is 10.9 Å². The van der Waals surface area contributed by atoms with Crippen LogP contribution in [0.25, 0.3) is 0 Å². The highest BCUT2D eigenvalue weighted by atomic mass is 79.9. The summed E-state index contributed by atoms with van der Waals surface area (Å²) < 4.78 is 13.2. The molecule has 1 aromatic carbocycles. The van der Waals surface area contributed by atoms with Crippen LogP contribution >= 0.6 is 15.9 Å². The van der Waals surface area contributed by atoms with E-state index in [0.717, 1.165) is 11.1 Å². The Morgan fingerprint density at radius 1 is 1.27 bits per heavy atom. The SMILES string of the molecule is Cc1ccc(C)c(CBr)c1F. The summed E-state index contributed by atoms with van der Waals surface area (Å²) in [6.45, 7) is 3.69. The Bertz CT molecular complexity index is 269. The van der Waals surface area contributed by atoms with Gasteiger partial charge in [0, 0.05) is 10.9 Å². The number of hydrogen-bond acceptors (Lipinski definition) is 0.